The number of nitrogens with zero attached hydrogens (tertiary/aromatic N) is 3. The Balaban J connectivity index is 1.58. The van der Waals surface area contributed by atoms with Gasteiger partial charge in [0.15, 0.2) is 5.16 Å². The number of thioether (sulfide) groups is 1. The second-order valence-corrected chi connectivity index (χ2v) is 10.0. The van der Waals surface area contributed by atoms with E-state index in [1.54, 1.807) is 16.4 Å². The maximum Gasteiger partial charge on any atom is 0.343 e. The van der Waals surface area contributed by atoms with Crippen molar-refractivity contribution >= 4 is 33.4 Å². The highest BCUT2D eigenvalue weighted by molar-refractivity contribution is 7.99. The second-order valence-electron chi connectivity index (χ2n) is 7.14. The number of nitrogens with one attached hydrogen (secondary N) is 2. The van der Waals surface area contributed by atoms with Crippen molar-refractivity contribution in [2.24, 2.45) is 0 Å². The van der Waals surface area contributed by atoms with Crippen molar-refractivity contribution < 1.29 is 13.2 Å². The number of benzene rings is 1. The van der Waals surface area contributed by atoms with E-state index in [1.807, 2.05) is 6.92 Å². The summed E-state index contributed by atoms with van der Waals surface area (Å²) in [5.41, 5.74) is 0.226. The topological polar surface area (TPSA) is 117 Å². The number of carbonyl (C=O) groups excluding carboxylic acids is 1. The van der Waals surface area contributed by atoms with Crippen LogP contribution in [0.15, 0.2) is 39.1 Å². The predicted octanol–water partition coefficient (Wildman–Crippen LogP) is 2.28. The van der Waals surface area contributed by atoms with E-state index in [9.17, 15) is 18.0 Å². The number of rotatable bonds is 8. The highest BCUT2D eigenvalue weighted by Gasteiger charge is 2.25. The van der Waals surface area contributed by atoms with Crippen molar-refractivity contribution in [3.63, 3.8) is 0 Å². The van der Waals surface area contributed by atoms with Crippen molar-refractivity contribution in [1.82, 2.24) is 19.1 Å². The number of anilines is 1. The molecule has 0 atom stereocenters. The van der Waals surface area contributed by atoms with Crippen LogP contribution in [0.25, 0.3) is 0 Å². The van der Waals surface area contributed by atoms with Gasteiger partial charge in [0.2, 0.25) is 15.9 Å². The summed E-state index contributed by atoms with van der Waals surface area (Å²) in [7, 11) is -3.51. The number of H-pyrrole nitrogens is 1. The normalized spacial score (nSPS) is 15.6. The third kappa shape index (κ3) is 5.52. The first-order valence-electron chi connectivity index (χ1n) is 10.1. The average Bonchev–Trinajstić information content (AvgIpc) is 2.92. The molecule has 0 spiro atoms. The Bertz CT molecular complexity index is 1010. The number of aromatic nitrogens is 3. The molecule has 30 heavy (non-hydrogen) atoms. The summed E-state index contributed by atoms with van der Waals surface area (Å²) < 4.78 is 28.7. The number of sulfonamides is 1. The van der Waals surface area contributed by atoms with Crippen molar-refractivity contribution in [3.8, 4) is 0 Å². The van der Waals surface area contributed by atoms with E-state index in [0.29, 0.717) is 30.5 Å². The molecule has 1 amide bonds. The molecule has 3 rings (SSSR count). The Morgan fingerprint density at radius 1 is 1.17 bits per heavy atom. The Morgan fingerprint density at radius 2 is 1.83 bits per heavy atom. The minimum atomic E-state index is -3.51. The van der Waals surface area contributed by atoms with Gasteiger partial charge in [-0.05, 0) is 43.5 Å². The molecule has 0 unspecified atom stereocenters. The first-order chi connectivity index (χ1) is 14.4. The molecule has 1 aliphatic rings. The van der Waals surface area contributed by atoms with Gasteiger partial charge >= 0.3 is 5.69 Å². The van der Waals surface area contributed by atoms with E-state index in [1.165, 1.54) is 28.5 Å². The van der Waals surface area contributed by atoms with Crippen LogP contribution in [-0.4, -0.2) is 52.2 Å². The smallest absolute Gasteiger partial charge is 0.325 e. The van der Waals surface area contributed by atoms with Crippen LogP contribution in [-0.2, 0) is 21.4 Å². The quantitative estimate of drug-likeness (QED) is 0.592. The van der Waals surface area contributed by atoms with E-state index in [0.717, 1.165) is 32.1 Å². The van der Waals surface area contributed by atoms with E-state index in [-0.39, 0.29) is 22.2 Å². The zero-order valence-corrected chi connectivity index (χ0v) is 18.6. The average molecular weight is 454 g/mol. The van der Waals surface area contributed by atoms with Crippen LogP contribution in [0.1, 0.15) is 39.0 Å². The molecule has 1 aromatic heterocycles. The number of carbonyl (C=O) groups is 1. The first kappa shape index (κ1) is 22.6. The molecule has 2 heterocycles. The standard InChI is InChI=1S/C19H27N5O4S2/c1-2-11-24-18(26)21-22-19(24)29-14-17(25)20-15-7-9-16(10-8-15)30(27,28)23-12-5-3-4-6-13-23/h7-10H,2-6,11-14H2,1H3,(H,20,25)(H,21,26). The second kappa shape index (κ2) is 10.3. The molecule has 1 fully saturated rings. The summed E-state index contributed by atoms with van der Waals surface area (Å²) in [5.74, 6) is -0.177. The molecule has 164 valence electrons. The molecule has 0 bridgehead atoms. The van der Waals surface area contributed by atoms with Gasteiger partial charge in [0.05, 0.1) is 10.6 Å². The van der Waals surface area contributed by atoms with Gasteiger partial charge in [0, 0.05) is 25.3 Å². The summed E-state index contributed by atoms with van der Waals surface area (Å²) in [4.78, 5) is 24.2. The van der Waals surface area contributed by atoms with Crippen LogP contribution in [0, 0.1) is 0 Å². The summed E-state index contributed by atoms with van der Waals surface area (Å²) in [6, 6.07) is 6.23. The lowest BCUT2D eigenvalue weighted by Crippen LogP contribution is -2.31. The first-order valence-corrected chi connectivity index (χ1v) is 12.5. The molecule has 0 saturated carbocycles. The molecule has 2 N–H and O–H groups in total. The summed E-state index contributed by atoms with van der Waals surface area (Å²) in [6.45, 7) is 3.59. The Hall–Kier alpha value is -2.11. The van der Waals surface area contributed by atoms with E-state index < -0.39 is 10.0 Å². The summed E-state index contributed by atoms with van der Waals surface area (Å²) >= 11 is 1.17. The maximum atomic E-state index is 12.8. The van der Waals surface area contributed by atoms with Crippen molar-refractivity contribution in [3.05, 3.63) is 34.7 Å². The molecular formula is C19H27N5O4S2. The predicted molar refractivity (Wildman–Crippen MR) is 116 cm³/mol. The maximum absolute atomic E-state index is 12.8. The van der Waals surface area contributed by atoms with Gasteiger partial charge in [-0.15, -0.1) is 5.10 Å². The number of aromatic amines is 1. The Morgan fingerprint density at radius 3 is 2.47 bits per heavy atom. The van der Waals surface area contributed by atoms with Crippen LogP contribution in [0.3, 0.4) is 0 Å². The molecule has 2 aromatic rings. The SMILES string of the molecule is CCCn1c(SCC(=O)Nc2ccc(S(=O)(=O)N3CCCCCC3)cc2)n[nH]c1=O. The number of hydrogen-bond donors (Lipinski definition) is 2. The molecule has 0 radical (unpaired) electrons. The lowest BCUT2D eigenvalue weighted by Gasteiger charge is -2.20. The summed E-state index contributed by atoms with van der Waals surface area (Å²) in [6.07, 6.45) is 4.66. The Kier molecular flexibility index (Phi) is 7.73. The molecule has 9 nitrogen and oxygen atoms in total. The third-order valence-corrected chi connectivity index (χ3v) is 7.73. The van der Waals surface area contributed by atoms with Crippen LogP contribution in [0.5, 0.6) is 0 Å². The highest BCUT2D eigenvalue weighted by Crippen LogP contribution is 2.22. The number of amides is 1. The van der Waals surface area contributed by atoms with Gasteiger partial charge in [-0.3, -0.25) is 9.36 Å². The molecular weight excluding hydrogens is 426 g/mol. The number of hydrogen-bond acceptors (Lipinski definition) is 6. The fraction of sp³-hybridized carbons (Fsp3) is 0.526. The van der Waals surface area contributed by atoms with E-state index in [4.69, 9.17) is 0 Å². The lowest BCUT2D eigenvalue weighted by atomic mass is 10.2. The summed E-state index contributed by atoms with van der Waals surface area (Å²) in [5, 5.41) is 9.54. The molecule has 0 aliphatic carbocycles. The fourth-order valence-electron chi connectivity index (χ4n) is 3.30. The van der Waals surface area contributed by atoms with Gasteiger partial charge < -0.3 is 5.32 Å². The highest BCUT2D eigenvalue weighted by atomic mass is 32.2. The lowest BCUT2D eigenvalue weighted by molar-refractivity contribution is -0.113. The van der Waals surface area contributed by atoms with Crippen LogP contribution < -0.4 is 11.0 Å². The van der Waals surface area contributed by atoms with Gasteiger partial charge in [-0.2, -0.15) is 4.31 Å². The van der Waals surface area contributed by atoms with Crippen LogP contribution in [0.2, 0.25) is 0 Å². The van der Waals surface area contributed by atoms with E-state index in [2.05, 4.69) is 15.5 Å². The van der Waals surface area contributed by atoms with Crippen molar-refractivity contribution in [1.29, 1.82) is 0 Å². The van der Waals surface area contributed by atoms with Crippen molar-refractivity contribution in [2.75, 3.05) is 24.2 Å². The third-order valence-electron chi connectivity index (χ3n) is 4.84. The van der Waals surface area contributed by atoms with Crippen LogP contribution in [0.4, 0.5) is 5.69 Å². The molecule has 1 saturated heterocycles. The van der Waals surface area contributed by atoms with E-state index >= 15 is 0 Å². The molecule has 1 aliphatic heterocycles. The van der Waals surface area contributed by atoms with Gasteiger partial charge in [-0.25, -0.2) is 18.3 Å². The minimum Gasteiger partial charge on any atom is -0.325 e. The monoisotopic (exact) mass is 453 g/mol. The van der Waals surface area contributed by atoms with Crippen LogP contribution >= 0.6 is 11.8 Å². The minimum absolute atomic E-state index is 0.0852. The molecule has 11 heteroatoms. The Labute approximate surface area is 180 Å². The zero-order valence-electron chi connectivity index (χ0n) is 17.0. The van der Waals surface area contributed by atoms with Crippen molar-refractivity contribution in [2.45, 2.75) is 55.6 Å². The van der Waals surface area contributed by atoms with Gasteiger partial charge in [-0.1, -0.05) is 31.5 Å². The van der Waals surface area contributed by atoms with Gasteiger partial charge in [0.25, 0.3) is 0 Å². The van der Waals surface area contributed by atoms with Gasteiger partial charge in [0.1, 0.15) is 0 Å². The molecule has 1 aromatic carbocycles. The largest absolute Gasteiger partial charge is 0.343 e. The zero-order chi connectivity index (χ0) is 21.6. The fourth-order valence-corrected chi connectivity index (χ4v) is 5.59.